The van der Waals surface area contributed by atoms with Crippen LogP contribution in [0, 0.1) is 12.8 Å². The molecule has 33 heavy (non-hydrogen) atoms. The smallest absolute Gasteiger partial charge is 0.255 e. The van der Waals surface area contributed by atoms with Crippen molar-refractivity contribution in [2.24, 2.45) is 5.92 Å². The van der Waals surface area contributed by atoms with Crippen molar-refractivity contribution in [3.05, 3.63) is 95.1 Å². The van der Waals surface area contributed by atoms with E-state index in [2.05, 4.69) is 24.1 Å². The van der Waals surface area contributed by atoms with Crippen LogP contribution >= 0.6 is 0 Å². The summed E-state index contributed by atoms with van der Waals surface area (Å²) >= 11 is 0. The van der Waals surface area contributed by atoms with Crippen molar-refractivity contribution in [3.63, 3.8) is 0 Å². The predicted molar refractivity (Wildman–Crippen MR) is 128 cm³/mol. The first-order valence-corrected chi connectivity index (χ1v) is 11.1. The molecule has 0 radical (unpaired) electrons. The number of aryl methyl sites for hydroxylation is 1. The number of nitrogens with zero attached hydrogens (tertiary/aromatic N) is 3. The van der Waals surface area contributed by atoms with E-state index in [1.807, 2.05) is 65.1 Å². The maximum absolute atomic E-state index is 13.6. The zero-order valence-electron chi connectivity index (χ0n) is 19.0. The van der Waals surface area contributed by atoms with E-state index < -0.39 is 0 Å². The summed E-state index contributed by atoms with van der Waals surface area (Å²) in [5, 5.41) is 9.79. The minimum Gasteiger partial charge on any atom is -0.494 e. The van der Waals surface area contributed by atoms with Crippen LogP contribution in [0.3, 0.4) is 0 Å². The highest BCUT2D eigenvalue weighted by Gasteiger charge is 2.38. The molecule has 1 amide bonds. The predicted octanol–water partition coefficient (Wildman–Crippen LogP) is 4.31. The lowest BCUT2D eigenvalue weighted by atomic mass is 9.76. The molecule has 1 unspecified atom stereocenters. The number of imidazole rings is 1. The summed E-state index contributed by atoms with van der Waals surface area (Å²) in [5.41, 5.74) is 6.48. The standard InChI is InChI=1S/C27H27N3O3/c1-17-13-29(16-28-17)24-11-9-21(12-25(24)33-3)30-14-19-8-10-22(18(2)26(19)27(30)32)23-7-5-4-6-20(23)15-31/h4-13,16,18,22,31H,14-15H2,1-3H3/t18-,22?/m1/s1. The van der Waals surface area contributed by atoms with Crippen molar-refractivity contribution >= 4 is 11.6 Å². The number of hydrogen-bond acceptors (Lipinski definition) is 4. The monoisotopic (exact) mass is 441 g/mol. The van der Waals surface area contributed by atoms with Gasteiger partial charge in [-0.1, -0.05) is 43.3 Å². The molecule has 6 heteroatoms. The molecule has 1 aromatic heterocycles. The molecular weight excluding hydrogens is 414 g/mol. The van der Waals surface area contributed by atoms with Crippen LogP contribution in [0.2, 0.25) is 0 Å². The first-order valence-electron chi connectivity index (χ1n) is 11.1. The summed E-state index contributed by atoms with van der Waals surface area (Å²) in [6.07, 6.45) is 7.94. The van der Waals surface area contributed by atoms with Gasteiger partial charge in [-0.2, -0.15) is 0 Å². The molecule has 5 rings (SSSR count). The van der Waals surface area contributed by atoms with Gasteiger partial charge >= 0.3 is 0 Å². The second-order valence-electron chi connectivity index (χ2n) is 8.64. The Kier molecular flexibility index (Phi) is 5.38. The maximum atomic E-state index is 13.6. The highest BCUT2D eigenvalue weighted by atomic mass is 16.5. The number of aromatic nitrogens is 2. The zero-order chi connectivity index (χ0) is 23.1. The summed E-state index contributed by atoms with van der Waals surface area (Å²) < 4.78 is 7.56. The van der Waals surface area contributed by atoms with Crippen molar-refractivity contribution in [1.82, 2.24) is 9.55 Å². The largest absolute Gasteiger partial charge is 0.494 e. The minimum absolute atomic E-state index is 0.0121. The fraction of sp³-hybridized carbons (Fsp3) is 0.259. The molecule has 1 aliphatic heterocycles. The number of aliphatic hydroxyl groups excluding tert-OH is 1. The molecule has 0 fully saturated rings. The Morgan fingerprint density at radius 1 is 1.21 bits per heavy atom. The number of rotatable bonds is 5. The average Bonchev–Trinajstić information content (AvgIpc) is 3.42. The van der Waals surface area contributed by atoms with Crippen LogP contribution in [-0.4, -0.2) is 34.2 Å². The van der Waals surface area contributed by atoms with Gasteiger partial charge < -0.3 is 19.3 Å². The molecule has 0 saturated carbocycles. The van der Waals surface area contributed by atoms with E-state index in [0.717, 1.165) is 39.3 Å². The molecule has 168 valence electrons. The molecular formula is C27H27N3O3. The molecule has 6 nitrogen and oxygen atoms in total. The Bertz CT molecular complexity index is 1290. The molecule has 1 aliphatic carbocycles. The number of aliphatic hydroxyl groups is 1. The van der Waals surface area contributed by atoms with Crippen LogP contribution < -0.4 is 9.64 Å². The lowest BCUT2D eigenvalue weighted by Crippen LogP contribution is -2.29. The van der Waals surface area contributed by atoms with Gasteiger partial charge in [0.15, 0.2) is 0 Å². The van der Waals surface area contributed by atoms with Crippen LogP contribution in [0.5, 0.6) is 5.75 Å². The molecule has 2 heterocycles. The van der Waals surface area contributed by atoms with E-state index in [9.17, 15) is 9.90 Å². The highest BCUT2D eigenvalue weighted by Crippen LogP contribution is 2.43. The highest BCUT2D eigenvalue weighted by molar-refractivity contribution is 6.10. The second-order valence-corrected chi connectivity index (χ2v) is 8.64. The molecule has 0 saturated heterocycles. The van der Waals surface area contributed by atoms with Gasteiger partial charge in [0.05, 0.1) is 38.0 Å². The quantitative estimate of drug-likeness (QED) is 0.641. The van der Waals surface area contributed by atoms with Crippen molar-refractivity contribution in [2.75, 3.05) is 18.6 Å². The van der Waals surface area contributed by atoms with Crippen molar-refractivity contribution in [1.29, 1.82) is 0 Å². The third kappa shape index (κ3) is 3.56. The molecule has 3 aromatic rings. The van der Waals surface area contributed by atoms with Gasteiger partial charge in [-0.15, -0.1) is 0 Å². The molecule has 2 aromatic carbocycles. The second kappa shape index (κ2) is 8.37. The van der Waals surface area contributed by atoms with Gasteiger partial charge in [0.1, 0.15) is 5.75 Å². The van der Waals surface area contributed by atoms with Crippen molar-refractivity contribution < 1.29 is 14.6 Å². The van der Waals surface area contributed by atoms with Crippen molar-refractivity contribution in [2.45, 2.75) is 26.4 Å². The number of carbonyl (C=O) groups is 1. The van der Waals surface area contributed by atoms with Gasteiger partial charge in [-0.3, -0.25) is 4.79 Å². The number of methoxy groups -OCH3 is 1. The number of allylic oxidation sites excluding steroid dienone is 1. The van der Waals surface area contributed by atoms with E-state index in [0.29, 0.717) is 12.3 Å². The SMILES string of the molecule is COc1cc(N2CC3=C(C2=O)[C@H](C)C(c2ccccc2CO)C=C3)ccc1-n1cnc(C)c1. The topological polar surface area (TPSA) is 67.6 Å². The number of benzene rings is 2. The summed E-state index contributed by atoms with van der Waals surface area (Å²) in [5.74, 6) is 0.783. The fourth-order valence-electron chi connectivity index (χ4n) is 4.99. The van der Waals surface area contributed by atoms with E-state index in [1.165, 1.54) is 0 Å². The average molecular weight is 442 g/mol. The Balaban J connectivity index is 1.44. The summed E-state index contributed by atoms with van der Waals surface area (Å²) in [6.45, 7) is 4.57. The van der Waals surface area contributed by atoms with Crippen LogP contribution in [-0.2, 0) is 11.4 Å². The third-order valence-electron chi connectivity index (χ3n) is 6.70. The summed E-state index contributed by atoms with van der Waals surface area (Å²) in [4.78, 5) is 19.7. The normalized spacial score (nSPS) is 19.9. The number of carbonyl (C=O) groups excluding carboxylic acids is 1. The van der Waals surface area contributed by atoms with Gasteiger partial charge in [0.2, 0.25) is 0 Å². The Hall–Kier alpha value is -3.64. The minimum atomic E-state index is -0.0121. The van der Waals surface area contributed by atoms with E-state index >= 15 is 0 Å². The summed E-state index contributed by atoms with van der Waals surface area (Å²) in [7, 11) is 1.63. The van der Waals surface area contributed by atoms with Gasteiger partial charge in [0, 0.05) is 29.4 Å². The maximum Gasteiger partial charge on any atom is 0.255 e. The zero-order valence-corrected chi connectivity index (χ0v) is 19.0. The molecule has 2 aliphatic rings. The molecule has 2 atom stereocenters. The van der Waals surface area contributed by atoms with E-state index in [-0.39, 0.29) is 24.3 Å². The number of amides is 1. The van der Waals surface area contributed by atoms with Crippen LogP contribution in [0.25, 0.3) is 5.69 Å². The fourth-order valence-corrected chi connectivity index (χ4v) is 4.99. The van der Waals surface area contributed by atoms with Crippen LogP contribution in [0.15, 0.2) is 78.3 Å². The van der Waals surface area contributed by atoms with Gasteiger partial charge in [-0.25, -0.2) is 4.98 Å². The number of anilines is 1. The molecule has 1 N–H and O–H groups in total. The summed E-state index contributed by atoms with van der Waals surface area (Å²) in [6, 6.07) is 13.7. The van der Waals surface area contributed by atoms with Crippen LogP contribution in [0.4, 0.5) is 5.69 Å². The first-order chi connectivity index (χ1) is 16.0. The Morgan fingerprint density at radius 3 is 2.76 bits per heavy atom. The molecule has 0 spiro atoms. The lowest BCUT2D eigenvalue weighted by Gasteiger charge is -2.27. The third-order valence-corrected chi connectivity index (χ3v) is 6.70. The number of hydrogen-bond donors (Lipinski definition) is 1. The lowest BCUT2D eigenvalue weighted by molar-refractivity contribution is -0.115. The Morgan fingerprint density at radius 2 is 2.03 bits per heavy atom. The number of ether oxygens (including phenoxy) is 1. The molecule has 0 bridgehead atoms. The van der Waals surface area contributed by atoms with E-state index in [1.54, 1.807) is 13.4 Å². The first kappa shape index (κ1) is 21.2. The van der Waals surface area contributed by atoms with Gasteiger partial charge in [0.25, 0.3) is 5.91 Å². The van der Waals surface area contributed by atoms with Crippen LogP contribution in [0.1, 0.15) is 29.7 Å². The Labute approximate surface area is 193 Å². The van der Waals surface area contributed by atoms with E-state index in [4.69, 9.17) is 4.74 Å². The van der Waals surface area contributed by atoms with Crippen molar-refractivity contribution in [3.8, 4) is 11.4 Å². The van der Waals surface area contributed by atoms with Gasteiger partial charge in [-0.05, 0) is 41.7 Å².